The summed E-state index contributed by atoms with van der Waals surface area (Å²) in [5.41, 5.74) is 1.22. The summed E-state index contributed by atoms with van der Waals surface area (Å²) in [5, 5.41) is 3.38. The van der Waals surface area contributed by atoms with Crippen LogP contribution in [-0.4, -0.2) is 23.6 Å². The van der Waals surface area contributed by atoms with E-state index in [0.29, 0.717) is 11.8 Å². The van der Waals surface area contributed by atoms with Crippen LogP contribution in [0.3, 0.4) is 0 Å². The second-order valence-corrected chi connectivity index (χ2v) is 7.12. The summed E-state index contributed by atoms with van der Waals surface area (Å²) < 4.78 is 6.82. The SMILES string of the molecule is CCNc1nc(C(OC)C(C)C)nc(C2CCCC2)c1I. The largest absolute Gasteiger partial charge is 0.373 e. The summed E-state index contributed by atoms with van der Waals surface area (Å²) in [6, 6.07) is 0. The third-order valence-corrected chi connectivity index (χ3v) is 5.16. The molecule has 0 radical (unpaired) electrons. The van der Waals surface area contributed by atoms with E-state index in [4.69, 9.17) is 14.7 Å². The highest BCUT2D eigenvalue weighted by Crippen LogP contribution is 2.38. The van der Waals surface area contributed by atoms with Crippen molar-refractivity contribution in [2.24, 2.45) is 5.92 Å². The first-order valence-electron chi connectivity index (χ1n) is 7.92. The Morgan fingerprint density at radius 1 is 1.29 bits per heavy atom. The molecule has 1 fully saturated rings. The van der Waals surface area contributed by atoms with Crippen molar-refractivity contribution in [3.8, 4) is 0 Å². The Labute approximate surface area is 141 Å². The van der Waals surface area contributed by atoms with Gasteiger partial charge in [0.15, 0.2) is 5.82 Å². The van der Waals surface area contributed by atoms with Gasteiger partial charge in [0.2, 0.25) is 0 Å². The van der Waals surface area contributed by atoms with Crippen molar-refractivity contribution >= 4 is 28.4 Å². The van der Waals surface area contributed by atoms with E-state index in [1.54, 1.807) is 7.11 Å². The van der Waals surface area contributed by atoms with Gasteiger partial charge in [0.1, 0.15) is 11.9 Å². The number of hydrogen-bond donors (Lipinski definition) is 1. The van der Waals surface area contributed by atoms with Gasteiger partial charge in [-0.1, -0.05) is 26.7 Å². The molecule has 1 N–H and O–H groups in total. The van der Waals surface area contributed by atoms with Gasteiger partial charge in [-0.05, 0) is 48.3 Å². The van der Waals surface area contributed by atoms with E-state index in [9.17, 15) is 0 Å². The Morgan fingerprint density at radius 3 is 2.48 bits per heavy atom. The van der Waals surface area contributed by atoms with E-state index in [0.717, 1.165) is 18.2 Å². The van der Waals surface area contributed by atoms with E-state index in [-0.39, 0.29) is 6.10 Å². The number of aromatic nitrogens is 2. The first-order valence-corrected chi connectivity index (χ1v) is 9.00. The molecule has 2 rings (SSSR count). The van der Waals surface area contributed by atoms with E-state index in [1.807, 2.05) is 0 Å². The molecule has 1 aromatic rings. The van der Waals surface area contributed by atoms with Crippen LogP contribution in [0.4, 0.5) is 5.82 Å². The molecule has 1 atom stereocenters. The smallest absolute Gasteiger partial charge is 0.160 e. The number of nitrogens with zero attached hydrogens (tertiary/aromatic N) is 2. The predicted molar refractivity (Wildman–Crippen MR) is 94.7 cm³/mol. The molecule has 118 valence electrons. The minimum Gasteiger partial charge on any atom is -0.373 e. The van der Waals surface area contributed by atoms with Crippen LogP contribution >= 0.6 is 22.6 Å². The molecule has 5 heteroatoms. The van der Waals surface area contributed by atoms with Gasteiger partial charge in [0, 0.05) is 19.6 Å². The molecular formula is C16H26IN3O. The molecule has 0 aromatic carbocycles. The van der Waals surface area contributed by atoms with Crippen LogP contribution in [0.25, 0.3) is 0 Å². The number of methoxy groups -OCH3 is 1. The van der Waals surface area contributed by atoms with Gasteiger partial charge >= 0.3 is 0 Å². The highest BCUT2D eigenvalue weighted by molar-refractivity contribution is 14.1. The zero-order valence-electron chi connectivity index (χ0n) is 13.4. The van der Waals surface area contributed by atoms with Crippen molar-refractivity contribution in [2.45, 2.75) is 58.5 Å². The zero-order valence-corrected chi connectivity index (χ0v) is 15.6. The molecule has 0 amide bonds. The van der Waals surface area contributed by atoms with Gasteiger partial charge in [-0.15, -0.1) is 0 Å². The van der Waals surface area contributed by atoms with E-state index >= 15 is 0 Å². The van der Waals surface area contributed by atoms with Crippen molar-refractivity contribution in [2.75, 3.05) is 19.0 Å². The van der Waals surface area contributed by atoms with Crippen LogP contribution in [0.2, 0.25) is 0 Å². The third-order valence-electron chi connectivity index (χ3n) is 4.09. The van der Waals surface area contributed by atoms with Crippen molar-refractivity contribution in [1.29, 1.82) is 0 Å². The number of rotatable bonds is 6. The Morgan fingerprint density at radius 2 is 1.95 bits per heavy atom. The van der Waals surface area contributed by atoms with Crippen LogP contribution in [-0.2, 0) is 4.74 Å². The highest BCUT2D eigenvalue weighted by Gasteiger charge is 2.27. The first-order chi connectivity index (χ1) is 10.1. The minimum atomic E-state index is -0.0421. The molecule has 1 aromatic heterocycles. The van der Waals surface area contributed by atoms with Crippen LogP contribution in [0.5, 0.6) is 0 Å². The van der Waals surface area contributed by atoms with Gasteiger partial charge < -0.3 is 10.1 Å². The Hall–Kier alpha value is -0.430. The molecule has 21 heavy (non-hydrogen) atoms. The number of hydrogen-bond acceptors (Lipinski definition) is 4. The molecule has 1 aliphatic carbocycles. The lowest BCUT2D eigenvalue weighted by Gasteiger charge is -2.22. The molecule has 1 unspecified atom stereocenters. The summed E-state index contributed by atoms with van der Waals surface area (Å²) in [7, 11) is 1.74. The lowest BCUT2D eigenvalue weighted by Crippen LogP contribution is -2.18. The number of halogens is 1. The van der Waals surface area contributed by atoms with Crippen LogP contribution in [0, 0.1) is 9.49 Å². The lowest BCUT2D eigenvalue weighted by molar-refractivity contribution is 0.0573. The topological polar surface area (TPSA) is 47.0 Å². The van der Waals surface area contributed by atoms with E-state index < -0.39 is 0 Å². The van der Waals surface area contributed by atoms with Gasteiger partial charge in [-0.2, -0.15) is 0 Å². The zero-order chi connectivity index (χ0) is 15.4. The molecule has 1 aliphatic rings. The fraction of sp³-hybridized carbons (Fsp3) is 0.750. The fourth-order valence-corrected chi connectivity index (χ4v) is 3.91. The molecule has 1 saturated carbocycles. The maximum atomic E-state index is 5.63. The molecular weight excluding hydrogens is 377 g/mol. The summed E-state index contributed by atoms with van der Waals surface area (Å²) in [6.45, 7) is 7.27. The highest BCUT2D eigenvalue weighted by atomic mass is 127. The van der Waals surface area contributed by atoms with E-state index in [2.05, 4.69) is 48.7 Å². The maximum absolute atomic E-state index is 5.63. The number of ether oxygens (including phenoxy) is 1. The fourth-order valence-electron chi connectivity index (χ4n) is 3.04. The van der Waals surface area contributed by atoms with Crippen molar-refractivity contribution in [3.63, 3.8) is 0 Å². The van der Waals surface area contributed by atoms with Crippen LogP contribution in [0.15, 0.2) is 0 Å². The summed E-state index contributed by atoms with van der Waals surface area (Å²) in [5.74, 6) is 2.74. The van der Waals surface area contributed by atoms with Crippen molar-refractivity contribution < 1.29 is 4.74 Å². The number of anilines is 1. The van der Waals surface area contributed by atoms with Crippen molar-refractivity contribution in [1.82, 2.24) is 9.97 Å². The summed E-state index contributed by atoms with van der Waals surface area (Å²) in [6.07, 6.45) is 5.08. The standard InChI is InChI=1S/C16H26IN3O/c1-5-18-15-12(17)13(11-8-6-7-9-11)19-16(20-15)14(21-4)10(2)3/h10-11,14H,5-9H2,1-4H3,(H,18,19,20). The van der Waals surface area contributed by atoms with Gasteiger partial charge in [0.05, 0.1) is 9.26 Å². The normalized spacial score (nSPS) is 17.4. The minimum absolute atomic E-state index is 0.0421. The monoisotopic (exact) mass is 403 g/mol. The molecule has 1 heterocycles. The third kappa shape index (κ3) is 3.86. The molecule has 0 saturated heterocycles. The summed E-state index contributed by atoms with van der Waals surface area (Å²) >= 11 is 2.40. The van der Waals surface area contributed by atoms with Crippen LogP contribution in [0.1, 0.15) is 70.0 Å². The second-order valence-electron chi connectivity index (χ2n) is 6.04. The Kier molecular flexibility index (Phi) is 6.22. The second kappa shape index (κ2) is 7.72. The maximum Gasteiger partial charge on any atom is 0.160 e. The summed E-state index contributed by atoms with van der Waals surface area (Å²) in [4.78, 5) is 9.64. The molecule has 0 spiro atoms. The quantitative estimate of drug-likeness (QED) is 0.710. The number of nitrogens with one attached hydrogen (secondary N) is 1. The average molecular weight is 403 g/mol. The molecule has 4 nitrogen and oxygen atoms in total. The molecule has 0 bridgehead atoms. The average Bonchev–Trinajstić information content (AvgIpc) is 2.96. The van der Waals surface area contributed by atoms with Crippen molar-refractivity contribution in [3.05, 3.63) is 15.1 Å². The lowest BCUT2D eigenvalue weighted by atomic mass is 10.0. The Bertz CT molecular complexity index is 473. The van der Waals surface area contributed by atoms with E-state index in [1.165, 1.54) is 34.9 Å². The Balaban J connectivity index is 2.45. The molecule has 0 aliphatic heterocycles. The van der Waals surface area contributed by atoms with Gasteiger partial charge in [-0.3, -0.25) is 0 Å². The van der Waals surface area contributed by atoms with Crippen LogP contribution < -0.4 is 5.32 Å². The first kappa shape index (κ1) is 16.9. The predicted octanol–water partition coefficient (Wildman–Crippen LogP) is 4.51. The van der Waals surface area contributed by atoms with Gasteiger partial charge in [0.25, 0.3) is 0 Å². The van der Waals surface area contributed by atoms with Gasteiger partial charge in [-0.25, -0.2) is 9.97 Å².